The molecule has 0 aliphatic carbocycles. The molecule has 2 rings (SSSR count). The van der Waals surface area contributed by atoms with Crippen LogP contribution >= 0.6 is 11.8 Å². The smallest absolute Gasteiger partial charge is 0.212 e. The van der Waals surface area contributed by atoms with Gasteiger partial charge in [0.25, 0.3) is 0 Å². The molecule has 108 valence electrons. The predicted octanol–water partition coefficient (Wildman–Crippen LogP) is 1.47. The Bertz CT molecular complexity index is 624. The van der Waals surface area contributed by atoms with Crippen LogP contribution in [0.15, 0.2) is 45.9 Å². The molecule has 8 heteroatoms. The zero-order valence-corrected chi connectivity index (χ0v) is 12.3. The third-order valence-corrected chi connectivity index (χ3v) is 5.06. The van der Waals surface area contributed by atoms with Crippen molar-refractivity contribution in [1.82, 2.24) is 9.88 Å². The molecule has 0 aliphatic rings. The van der Waals surface area contributed by atoms with Crippen LogP contribution in [0.5, 0.6) is 0 Å². The molecule has 1 aromatic heterocycles. The van der Waals surface area contributed by atoms with E-state index < -0.39 is 10.0 Å². The number of thioether (sulfide) groups is 1. The van der Waals surface area contributed by atoms with Crippen LogP contribution in [0.3, 0.4) is 0 Å². The predicted molar refractivity (Wildman–Crippen MR) is 78.7 cm³/mol. The first-order chi connectivity index (χ1) is 9.55. The SMILES string of the molecule is Nc1ccc(SCCS(=O)(=O)NCc2ccno2)cc1. The Morgan fingerprint density at radius 3 is 2.65 bits per heavy atom. The van der Waals surface area contributed by atoms with Gasteiger partial charge in [-0.15, -0.1) is 11.8 Å². The highest BCUT2D eigenvalue weighted by atomic mass is 32.2. The van der Waals surface area contributed by atoms with Crippen LogP contribution in [0.4, 0.5) is 5.69 Å². The van der Waals surface area contributed by atoms with E-state index in [9.17, 15) is 8.42 Å². The number of hydrogen-bond donors (Lipinski definition) is 2. The van der Waals surface area contributed by atoms with Gasteiger partial charge in [0.2, 0.25) is 10.0 Å². The van der Waals surface area contributed by atoms with Crippen LogP contribution in [0.2, 0.25) is 0 Å². The van der Waals surface area contributed by atoms with E-state index in [1.165, 1.54) is 18.0 Å². The molecule has 1 aromatic carbocycles. The van der Waals surface area contributed by atoms with Gasteiger partial charge in [0.15, 0.2) is 5.76 Å². The Kier molecular flexibility index (Phi) is 5.05. The summed E-state index contributed by atoms with van der Waals surface area (Å²) in [4.78, 5) is 0.990. The van der Waals surface area contributed by atoms with Crippen LogP contribution < -0.4 is 10.5 Å². The van der Waals surface area contributed by atoms with E-state index in [1.54, 1.807) is 18.2 Å². The van der Waals surface area contributed by atoms with E-state index in [0.717, 1.165) is 4.90 Å². The highest BCUT2D eigenvalue weighted by Gasteiger charge is 2.11. The quantitative estimate of drug-likeness (QED) is 0.593. The first-order valence-electron chi connectivity index (χ1n) is 5.90. The van der Waals surface area contributed by atoms with Gasteiger partial charge in [-0.1, -0.05) is 5.16 Å². The zero-order valence-electron chi connectivity index (χ0n) is 10.7. The molecule has 0 atom stereocenters. The standard InChI is InChI=1S/C12H15N3O3S2/c13-10-1-3-12(4-2-10)19-7-8-20(16,17)15-9-11-5-6-14-18-11/h1-6,15H,7-9,13H2. The summed E-state index contributed by atoms with van der Waals surface area (Å²) in [6, 6.07) is 8.94. The van der Waals surface area contributed by atoms with Gasteiger partial charge in [-0.2, -0.15) is 0 Å². The zero-order chi connectivity index (χ0) is 14.4. The number of sulfonamides is 1. The Labute approximate surface area is 121 Å². The largest absolute Gasteiger partial charge is 0.399 e. The average Bonchev–Trinajstić information content (AvgIpc) is 2.92. The fraction of sp³-hybridized carbons (Fsp3) is 0.250. The average molecular weight is 313 g/mol. The third kappa shape index (κ3) is 4.87. The first kappa shape index (κ1) is 14.9. The number of aromatic nitrogens is 1. The van der Waals surface area contributed by atoms with E-state index >= 15 is 0 Å². The number of hydrogen-bond acceptors (Lipinski definition) is 6. The minimum atomic E-state index is -3.32. The molecule has 0 fully saturated rings. The molecule has 0 radical (unpaired) electrons. The van der Waals surface area contributed by atoms with E-state index in [0.29, 0.717) is 17.2 Å². The molecular formula is C12H15N3O3S2. The molecule has 0 amide bonds. The lowest BCUT2D eigenvalue weighted by Crippen LogP contribution is -2.26. The van der Waals surface area contributed by atoms with Crippen LogP contribution in [0.25, 0.3) is 0 Å². The van der Waals surface area contributed by atoms with Crippen molar-refractivity contribution in [2.24, 2.45) is 0 Å². The molecule has 0 bridgehead atoms. The van der Waals surface area contributed by atoms with Gasteiger partial charge in [0, 0.05) is 22.4 Å². The van der Waals surface area contributed by atoms with Crippen molar-refractivity contribution >= 4 is 27.5 Å². The number of benzene rings is 1. The van der Waals surface area contributed by atoms with Crippen LogP contribution in [-0.4, -0.2) is 25.1 Å². The minimum absolute atomic E-state index is 0.0379. The summed E-state index contributed by atoms with van der Waals surface area (Å²) < 4.78 is 30.8. The monoisotopic (exact) mass is 313 g/mol. The highest BCUT2D eigenvalue weighted by molar-refractivity contribution is 8.00. The Morgan fingerprint density at radius 2 is 2.00 bits per heavy atom. The van der Waals surface area contributed by atoms with Crippen molar-refractivity contribution in [3.8, 4) is 0 Å². The lowest BCUT2D eigenvalue weighted by atomic mass is 10.3. The molecule has 0 spiro atoms. The van der Waals surface area contributed by atoms with Gasteiger partial charge in [0.1, 0.15) is 0 Å². The number of anilines is 1. The molecular weight excluding hydrogens is 298 g/mol. The molecule has 6 nitrogen and oxygen atoms in total. The maximum absolute atomic E-state index is 11.8. The van der Waals surface area contributed by atoms with Crippen molar-refractivity contribution in [3.05, 3.63) is 42.3 Å². The van der Waals surface area contributed by atoms with E-state index in [4.69, 9.17) is 10.3 Å². The second-order valence-corrected chi connectivity index (χ2v) is 7.13. The second-order valence-electron chi connectivity index (χ2n) is 4.04. The van der Waals surface area contributed by atoms with Crippen LogP contribution in [0.1, 0.15) is 5.76 Å². The number of rotatable bonds is 7. The summed E-state index contributed by atoms with van der Waals surface area (Å²) in [7, 11) is -3.32. The van der Waals surface area contributed by atoms with Gasteiger partial charge < -0.3 is 10.3 Å². The topological polar surface area (TPSA) is 98.2 Å². The molecule has 3 N–H and O–H groups in total. The lowest BCUT2D eigenvalue weighted by molar-refractivity contribution is 0.380. The van der Waals surface area contributed by atoms with E-state index in [1.807, 2.05) is 12.1 Å². The van der Waals surface area contributed by atoms with E-state index in [2.05, 4.69) is 9.88 Å². The van der Waals surface area contributed by atoms with Crippen molar-refractivity contribution in [2.75, 3.05) is 17.2 Å². The van der Waals surface area contributed by atoms with Crippen LogP contribution in [0, 0.1) is 0 Å². The van der Waals surface area contributed by atoms with Crippen molar-refractivity contribution in [2.45, 2.75) is 11.4 Å². The number of nitrogen functional groups attached to an aromatic ring is 1. The van der Waals surface area contributed by atoms with Crippen molar-refractivity contribution in [1.29, 1.82) is 0 Å². The molecule has 0 unspecified atom stereocenters. The molecule has 2 aromatic rings. The molecule has 1 heterocycles. The number of nitrogens with two attached hydrogens (primary N) is 1. The molecule has 0 saturated heterocycles. The Hall–Kier alpha value is -1.51. The van der Waals surface area contributed by atoms with Gasteiger partial charge in [0.05, 0.1) is 18.5 Å². The summed E-state index contributed by atoms with van der Waals surface area (Å²) in [6.45, 7) is 0.120. The summed E-state index contributed by atoms with van der Waals surface area (Å²) in [5.41, 5.74) is 6.27. The van der Waals surface area contributed by atoms with Gasteiger partial charge in [-0.3, -0.25) is 0 Å². The molecule has 0 saturated carbocycles. The number of nitrogens with zero attached hydrogens (tertiary/aromatic N) is 1. The first-order valence-corrected chi connectivity index (χ1v) is 8.54. The lowest BCUT2D eigenvalue weighted by Gasteiger charge is -2.05. The third-order valence-electron chi connectivity index (χ3n) is 2.46. The Balaban J connectivity index is 1.76. The fourth-order valence-corrected chi connectivity index (χ4v) is 3.70. The molecule has 0 aliphatic heterocycles. The Morgan fingerprint density at radius 1 is 1.25 bits per heavy atom. The summed E-state index contributed by atoms with van der Waals surface area (Å²) in [6.07, 6.45) is 1.47. The summed E-state index contributed by atoms with van der Waals surface area (Å²) in [5.74, 6) is 0.992. The maximum Gasteiger partial charge on any atom is 0.212 e. The maximum atomic E-state index is 11.8. The van der Waals surface area contributed by atoms with Gasteiger partial charge in [-0.05, 0) is 24.3 Å². The molecule has 20 heavy (non-hydrogen) atoms. The second kappa shape index (κ2) is 6.78. The summed E-state index contributed by atoms with van der Waals surface area (Å²) in [5, 5.41) is 3.51. The highest BCUT2D eigenvalue weighted by Crippen LogP contribution is 2.19. The minimum Gasteiger partial charge on any atom is -0.399 e. The fourth-order valence-electron chi connectivity index (χ4n) is 1.42. The number of nitrogens with one attached hydrogen (secondary N) is 1. The van der Waals surface area contributed by atoms with Crippen LogP contribution in [-0.2, 0) is 16.6 Å². The van der Waals surface area contributed by atoms with Gasteiger partial charge >= 0.3 is 0 Å². The van der Waals surface area contributed by atoms with E-state index in [-0.39, 0.29) is 12.3 Å². The van der Waals surface area contributed by atoms with Crippen molar-refractivity contribution < 1.29 is 12.9 Å². The summed E-state index contributed by atoms with van der Waals surface area (Å²) >= 11 is 1.47. The van der Waals surface area contributed by atoms with Gasteiger partial charge in [-0.25, -0.2) is 13.1 Å². The normalized spacial score (nSPS) is 11.6. The van der Waals surface area contributed by atoms with Crippen molar-refractivity contribution in [3.63, 3.8) is 0 Å².